The molecule has 0 aromatic heterocycles. The zero-order valence-corrected chi connectivity index (χ0v) is 6.68. The van der Waals surface area contributed by atoms with Gasteiger partial charge in [-0.2, -0.15) is 0 Å². The van der Waals surface area contributed by atoms with Crippen LogP contribution in [0.3, 0.4) is 0 Å². The summed E-state index contributed by atoms with van der Waals surface area (Å²) in [6.07, 6.45) is 5.62. The SMILES string of the molecule is CC(=O)/C=C(\C)CC1CC1. The first-order valence-electron chi connectivity index (χ1n) is 3.86. The summed E-state index contributed by atoms with van der Waals surface area (Å²) in [5.41, 5.74) is 1.25. The minimum atomic E-state index is 0.179. The Kier molecular flexibility index (Phi) is 2.25. The van der Waals surface area contributed by atoms with Gasteiger partial charge in [0, 0.05) is 0 Å². The second kappa shape index (κ2) is 3.00. The summed E-state index contributed by atoms with van der Waals surface area (Å²) in [4.78, 5) is 10.6. The van der Waals surface area contributed by atoms with E-state index < -0.39 is 0 Å². The van der Waals surface area contributed by atoms with Crippen LogP contribution in [0.4, 0.5) is 0 Å². The number of carbonyl (C=O) groups excluding carboxylic acids is 1. The van der Waals surface area contributed by atoms with E-state index in [1.165, 1.54) is 18.4 Å². The smallest absolute Gasteiger partial charge is 0.152 e. The Balaban J connectivity index is 2.30. The van der Waals surface area contributed by atoms with E-state index >= 15 is 0 Å². The summed E-state index contributed by atoms with van der Waals surface area (Å²) in [6, 6.07) is 0. The van der Waals surface area contributed by atoms with Crippen LogP contribution in [0.25, 0.3) is 0 Å². The predicted molar refractivity (Wildman–Crippen MR) is 41.8 cm³/mol. The van der Waals surface area contributed by atoms with Crippen molar-refractivity contribution < 1.29 is 4.79 Å². The zero-order chi connectivity index (χ0) is 7.56. The van der Waals surface area contributed by atoms with Crippen molar-refractivity contribution in [2.75, 3.05) is 0 Å². The fourth-order valence-corrected chi connectivity index (χ4v) is 1.18. The molecule has 1 fully saturated rings. The Morgan fingerprint density at radius 1 is 1.50 bits per heavy atom. The van der Waals surface area contributed by atoms with Gasteiger partial charge in [-0.05, 0) is 45.1 Å². The Labute approximate surface area is 62.1 Å². The number of rotatable bonds is 3. The maximum Gasteiger partial charge on any atom is 0.152 e. The summed E-state index contributed by atoms with van der Waals surface area (Å²) in [5, 5.41) is 0. The molecule has 0 amide bonds. The summed E-state index contributed by atoms with van der Waals surface area (Å²) in [7, 11) is 0. The lowest BCUT2D eigenvalue weighted by Crippen LogP contribution is -1.86. The highest BCUT2D eigenvalue weighted by Crippen LogP contribution is 2.34. The molecule has 1 aliphatic carbocycles. The van der Waals surface area contributed by atoms with Crippen molar-refractivity contribution in [1.29, 1.82) is 0 Å². The van der Waals surface area contributed by atoms with Crippen molar-refractivity contribution in [2.24, 2.45) is 5.92 Å². The van der Waals surface area contributed by atoms with Gasteiger partial charge in [-0.15, -0.1) is 0 Å². The minimum Gasteiger partial charge on any atom is -0.295 e. The zero-order valence-electron chi connectivity index (χ0n) is 6.68. The summed E-state index contributed by atoms with van der Waals surface area (Å²) >= 11 is 0. The normalized spacial score (nSPS) is 19.2. The van der Waals surface area contributed by atoms with Gasteiger partial charge in [0.25, 0.3) is 0 Å². The third-order valence-electron chi connectivity index (χ3n) is 1.76. The third-order valence-corrected chi connectivity index (χ3v) is 1.76. The van der Waals surface area contributed by atoms with Crippen molar-refractivity contribution in [3.63, 3.8) is 0 Å². The number of ketones is 1. The molecule has 1 heteroatoms. The molecule has 0 atom stereocenters. The van der Waals surface area contributed by atoms with Crippen LogP contribution < -0.4 is 0 Å². The largest absolute Gasteiger partial charge is 0.295 e. The maximum atomic E-state index is 10.6. The van der Waals surface area contributed by atoms with E-state index in [0.29, 0.717) is 0 Å². The molecule has 0 unspecified atom stereocenters. The lowest BCUT2D eigenvalue weighted by molar-refractivity contribution is -0.112. The van der Waals surface area contributed by atoms with E-state index in [1.807, 2.05) is 6.92 Å². The van der Waals surface area contributed by atoms with Crippen molar-refractivity contribution in [1.82, 2.24) is 0 Å². The van der Waals surface area contributed by atoms with Gasteiger partial charge in [0.2, 0.25) is 0 Å². The van der Waals surface area contributed by atoms with Crippen LogP contribution in [-0.2, 0) is 4.79 Å². The van der Waals surface area contributed by atoms with E-state index in [9.17, 15) is 4.79 Å². The van der Waals surface area contributed by atoms with Gasteiger partial charge in [0.05, 0.1) is 0 Å². The molecule has 0 aromatic carbocycles. The molecule has 0 aromatic rings. The van der Waals surface area contributed by atoms with Gasteiger partial charge in [-0.3, -0.25) is 4.79 Å². The van der Waals surface area contributed by atoms with Crippen LogP contribution in [0.15, 0.2) is 11.6 Å². The molecule has 0 heterocycles. The van der Waals surface area contributed by atoms with E-state index in [-0.39, 0.29) is 5.78 Å². The van der Waals surface area contributed by atoms with Crippen LogP contribution in [0.5, 0.6) is 0 Å². The number of hydrogen-bond acceptors (Lipinski definition) is 1. The van der Waals surface area contributed by atoms with E-state index in [4.69, 9.17) is 0 Å². The average Bonchev–Trinajstić information content (AvgIpc) is 2.46. The monoisotopic (exact) mass is 138 g/mol. The molecule has 0 bridgehead atoms. The standard InChI is InChI=1S/C9H14O/c1-7(5-8(2)10)6-9-3-4-9/h5,9H,3-4,6H2,1-2H3/b7-5+. The van der Waals surface area contributed by atoms with Gasteiger partial charge in [0.1, 0.15) is 0 Å². The molecule has 1 rings (SSSR count). The highest BCUT2D eigenvalue weighted by Gasteiger charge is 2.20. The average molecular weight is 138 g/mol. The van der Waals surface area contributed by atoms with Gasteiger partial charge in [-0.25, -0.2) is 0 Å². The molecule has 0 radical (unpaired) electrons. The molecule has 1 saturated carbocycles. The quantitative estimate of drug-likeness (QED) is 0.547. The fraction of sp³-hybridized carbons (Fsp3) is 0.667. The van der Waals surface area contributed by atoms with Crippen LogP contribution in [0, 0.1) is 5.92 Å². The Hall–Kier alpha value is -0.590. The van der Waals surface area contributed by atoms with Crippen molar-refractivity contribution >= 4 is 5.78 Å². The number of hydrogen-bond donors (Lipinski definition) is 0. The minimum absolute atomic E-state index is 0.179. The van der Waals surface area contributed by atoms with Crippen LogP contribution in [0.1, 0.15) is 33.1 Å². The molecule has 56 valence electrons. The first kappa shape index (κ1) is 7.52. The fourth-order valence-electron chi connectivity index (χ4n) is 1.18. The van der Waals surface area contributed by atoms with Crippen LogP contribution in [-0.4, -0.2) is 5.78 Å². The first-order valence-corrected chi connectivity index (χ1v) is 3.86. The highest BCUT2D eigenvalue weighted by molar-refractivity contribution is 5.87. The summed E-state index contributed by atoms with van der Waals surface area (Å²) < 4.78 is 0. The topological polar surface area (TPSA) is 17.1 Å². The Morgan fingerprint density at radius 3 is 2.50 bits per heavy atom. The molecule has 1 nitrogen and oxygen atoms in total. The molecule has 0 saturated heterocycles. The van der Waals surface area contributed by atoms with Gasteiger partial charge in [0.15, 0.2) is 5.78 Å². The highest BCUT2D eigenvalue weighted by atomic mass is 16.1. The second-order valence-electron chi connectivity index (χ2n) is 3.25. The molecule has 0 aliphatic heterocycles. The predicted octanol–water partition coefficient (Wildman–Crippen LogP) is 2.32. The van der Waals surface area contributed by atoms with E-state index in [0.717, 1.165) is 12.3 Å². The second-order valence-corrected chi connectivity index (χ2v) is 3.25. The Morgan fingerprint density at radius 2 is 2.10 bits per heavy atom. The van der Waals surface area contributed by atoms with Gasteiger partial charge >= 0.3 is 0 Å². The van der Waals surface area contributed by atoms with Crippen molar-refractivity contribution in [2.45, 2.75) is 33.1 Å². The molecule has 0 N–H and O–H groups in total. The molecule has 10 heavy (non-hydrogen) atoms. The van der Waals surface area contributed by atoms with Gasteiger partial charge < -0.3 is 0 Å². The van der Waals surface area contributed by atoms with Crippen LogP contribution >= 0.6 is 0 Å². The molecule has 0 spiro atoms. The van der Waals surface area contributed by atoms with Crippen molar-refractivity contribution in [3.8, 4) is 0 Å². The van der Waals surface area contributed by atoms with E-state index in [2.05, 4.69) is 0 Å². The molecular weight excluding hydrogens is 124 g/mol. The lowest BCUT2D eigenvalue weighted by atomic mass is 10.1. The van der Waals surface area contributed by atoms with E-state index in [1.54, 1.807) is 13.0 Å². The number of carbonyl (C=O) groups is 1. The summed E-state index contributed by atoms with van der Waals surface area (Å²) in [6.45, 7) is 3.65. The maximum absolute atomic E-state index is 10.6. The number of allylic oxidation sites excluding steroid dienone is 2. The third kappa shape index (κ3) is 2.81. The van der Waals surface area contributed by atoms with Crippen molar-refractivity contribution in [3.05, 3.63) is 11.6 Å². The summed E-state index contributed by atoms with van der Waals surface area (Å²) in [5.74, 6) is 1.08. The van der Waals surface area contributed by atoms with Gasteiger partial charge in [-0.1, -0.05) is 5.57 Å². The molecule has 1 aliphatic rings. The lowest BCUT2D eigenvalue weighted by Gasteiger charge is -1.94. The first-order chi connectivity index (χ1) is 4.68. The van der Waals surface area contributed by atoms with Crippen LogP contribution in [0.2, 0.25) is 0 Å². The Bertz CT molecular complexity index is 164. The molecular formula is C9H14O.